The number of nitrogens with one attached hydrogen (secondary N) is 1. The quantitative estimate of drug-likeness (QED) is 0.562. The van der Waals surface area contributed by atoms with Crippen molar-refractivity contribution in [2.75, 3.05) is 18.9 Å². The van der Waals surface area contributed by atoms with Gasteiger partial charge in [0.1, 0.15) is 0 Å². The third-order valence-electron chi connectivity index (χ3n) is 2.66. The van der Waals surface area contributed by atoms with Gasteiger partial charge in [0.2, 0.25) is 0 Å². The van der Waals surface area contributed by atoms with Crippen LogP contribution in [0.1, 0.15) is 31.4 Å². The molecule has 0 saturated carbocycles. The number of nitrogens with zero attached hydrogens (tertiary/aromatic N) is 1. The summed E-state index contributed by atoms with van der Waals surface area (Å²) in [6, 6.07) is 2.20. The lowest BCUT2D eigenvalue weighted by atomic mass is 10.2. The maximum absolute atomic E-state index is 9.00. The summed E-state index contributed by atoms with van der Waals surface area (Å²) < 4.78 is 0. The minimum atomic E-state index is 0.241. The number of thioether (sulfide) groups is 1. The Balaban J connectivity index is 2.51. The highest BCUT2D eigenvalue weighted by Crippen LogP contribution is 2.22. The van der Waals surface area contributed by atoms with Gasteiger partial charge < -0.3 is 10.4 Å². The van der Waals surface area contributed by atoms with Crippen molar-refractivity contribution in [2.24, 2.45) is 5.92 Å². The summed E-state index contributed by atoms with van der Waals surface area (Å²) in [5.74, 6) is 1.24. The van der Waals surface area contributed by atoms with Crippen molar-refractivity contribution in [3.8, 4) is 0 Å². The SMILES string of the molecule is CCCNCc1cnc(SCC(C)CO)c(C)c1. The van der Waals surface area contributed by atoms with Crippen molar-refractivity contribution in [3.63, 3.8) is 0 Å². The number of rotatable bonds is 8. The van der Waals surface area contributed by atoms with E-state index in [1.165, 1.54) is 11.1 Å². The Labute approximate surface area is 114 Å². The van der Waals surface area contributed by atoms with Gasteiger partial charge >= 0.3 is 0 Å². The van der Waals surface area contributed by atoms with Gasteiger partial charge in [-0.25, -0.2) is 4.98 Å². The summed E-state index contributed by atoms with van der Waals surface area (Å²) in [7, 11) is 0. The maximum atomic E-state index is 9.00. The molecular weight excluding hydrogens is 244 g/mol. The Bertz CT molecular complexity index is 358. The number of hydrogen-bond donors (Lipinski definition) is 2. The molecule has 0 aliphatic rings. The molecule has 0 fully saturated rings. The van der Waals surface area contributed by atoms with E-state index >= 15 is 0 Å². The molecule has 2 N–H and O–H groups in total. The number of aliphatic hydroxyl groups is 1. The molecule has 0 aromatic carbocycles. The van der Waals surface area contributed by atoms with Gasteiger partial charge in [-0.15, -0.1) is 11.8 Å². The number of aromatic nitrogens is 1. The normalized spacial score (nSPS) is 12.7. The molecule has 0 spiro atoms. The Kier molecular flexibility index (Phi) is 7.32. The van der Waals surface area contributed by atoms with Crippen molar-refractivity contribution in [1.29, 1.82) is 0 Å². The van der Waals surface area contributed by atoms with Crippen LogP contribution < -0.4 is 5.32 Å². The van der Waals surface area contributed by atoms with Crippen LogP contribution in [0.5, 0.6) is 0 Å². The largest absolute Gasteiger partial charge is 0.396 e. The lowest BCUT2D eigenvalue weighted by Gasteiger charge is -2.10. The molecule has 1 atom stereocenters. The summed E-state index contributed by atoms with van der Waals surface area (Å²) in [5.41, 5.74) is 2.46. The zero-order valence-corrected chi connectivity index (χ0v) is 12.4. The molecule has 1 heterocycles. The third kappa shape index (κ3) is 5.38. The second kappa shape index (κ2) is 8.51. The summed E-state index contributed by atoms with van der Waals surface area (Å²) in [6.45, 7) is 8.49. The molecule has 1 aromatic heterocycles. The van der Waals surface area contributed by atoms with Crippen LogP contribution in [-0.2, 0) is 6.54 Å². The first-order valence-corrected chi connectivity index (χ1v) is 7.55. The highest BCUT2D eigenvalue weighted by Gasteiger charge is 2.06. The summed E-state index contributed by atoms with van der Waals surface area (Å²) in [5, 5.41) is 13.5. The average molecular weight is 268 g/mol. The molecule has 0 radical (unpaired) electrons. The van der Waals surface area contributed by atoms with Gasteiger partial charge in [0.15, 0.2) is 0 Å². The zero-order chi connectivity index (χ0) is 13.4. The molecule has 102 valence electrons. The van der Waals surface area contributed by atoms with Crippen molar-refractivity contribution < 1.29 is 5.11 Å². The predicted molar refractivity (Wildman–Crippen MR) is 77.9 cm³/mol. The molecule has 0 aliphatic heterocycles. The Morgan fingerprint density at radius 3 is 2.89 bits per heavy atom. The van der Waals surface area contributed by atoms with Gasteiger partial charge in [-0.2, -0.15) is 0 Å². The van der Waals surface area contributed by atoms with Gasteiger partial charge in [-0.05, 0) is 36.9 Å². The molecule has 0 aliphatic carbocycles. The van der Waals surface area contributed by atoms with Crippen LogP contribution in [0, 0.1) is 12.8 Å². The monoisotopic (exact) mass is 268 g/mol. The van der Waals surface area contributed by atoms with Crippen LogP contribution in [0.25, 0.3) is 0 Å². The second-order valence-corrected chi connectivity index (χ2v) is 5.75. The van der Waals surface area contributed by atoms with Crippen LogP contribution in [0.4, 0.5) is 0 Å². The van der Waals surface area contributed by atoms with Crippen LogP contribution in [0.2, 0.25) is 0 Å². The van der Waals surface area contributed by atoms with Gasteiger partial charge in [0.05, 0.1) is 5.03 Å². The lowest BCUT2D eigenvalue weighted by Crippen LogP contribution is -2.14. The van der Waals surface area contributed by atoms with E-state index in [2.05, 4.69) is 30.2 Å². The van der Waals surface area contributed by atoms with E-state index in [4.69, 9.17) is 5.11 Å². The zero-order valence-electron chi connectivity index (χ0n) is 11.6. The van der Waals surface area contributed by atoms with Crippen molar-refractivity contribution in [2.45, 2.75) is 38.8 Å². The van der Waals surface area contributed by atoms with Gasteiger partial charge in [-0.3, -0.25) is 0 Å². The van der Waals surface area contributed by atoms with Gasteiger partial charge in [0.25, 0.3) is 0 Å². The number of pyridine rings is 1. The highest BCUT2D eigenvalue weighted by atomic mass is 32.2. The lowest BCUT2D eigenvalue weighted by molar-refractivity contribution is 0.250. The van der Waals surface area contributed by atoms with E-state index in [-0.39, 0.29) is 6.61 Å². The fraction of sp³-hybridized carbons (Fsp3) is 0.643. The maximum Gasteiger partial charge on any atom is 0.0989 e. The van der Waals surface area contributed by atoms with Crippen molar-refractivity contribution in [1.82, 2.24) is 10.3 Å². The molecule has 1 aromatic rings. The van der Waals surface area contributed by atoms with Crippen molar-refractivity contribution >= 4 is 11.8 Å². The summed E-state index contributed by atoms with van der Waals surface area (Å²) in [6.07, 6.45) is 3.10. The first kappa shape index (κ1) is 15.5. The van der Waals surface area contributed by atoms with Gasteiger partial charge in [0, 0.05) is 25.1 Å². The standard InChI is InChI=1S/C14H24N2OS/c1-4-5-15-7-13-6-12(3)14(16-8-13)18-10-11(2)9-17/h6,8,11,15,17H,4-5,7,9-10H2,1-3H3. The highest BCUT2D eigenvalue weighted by molar-refractivity contribution is 7.99. The van der Waals surface area contributed by atoms with E-state index in [1.54, 1.807) is 11.8 Å². The smallest absolute Gasteiger partial charge is 0.0989 e. The summed E-state index contributed by atoms with van der Waals surface area (Å²) >= 11 is 1.73. The van der Waals surface area contributed by atoms with E-state index in [9.17, 15) is 0 Å². The molecule has 18 heavy (non-hydrogen) atoms. The minimum Gasteiger partial charge on any atom is -0.396 e. The number of hydrogen-bond acceptors (Lipinski definition) is 4. The number of aliphatic hydroxyl groups excluding tert-OH is 1. The van der Waals surface area contributed by atoms with Crippen LogP contribution in [0.3, 0.4) is 0 Å². The van der Waals surface area contributed by atoms with Crippen LogP contribution in [-0.4, -0.2) is 29.0 Å². The first-order chi connectivity index (χ1) is 8.67. The molecule has 0 bridgehead atoms. The first-order valence-electron chi connectivity index (χ1n) is 6.57. The Morgan fingerprint density at radius 2 is 2.28 bits per heavy atom. The molecule has 4 heteroatoms. The average Bonchev–Trinajstić information content (AvgIpc) is 2.37. The molecule has 0 amide bonds. The minimum absolute atomic E-state index is 0.241. The third-order valence-corrected chi connectivity index (χ3v) is 4.10. The predicted octanol–water partition coefficient (Wildman–Crippen LogP) is 2.61. The molecule has 1 rings (SSSR count). The van der Waals surface area contributed by atoms with Crippen molar-refractivity contribution in [3.05, 3.63) is 23.4 Å². The summed E-state index contributed by atoms with van der Waals surface area (Å²) in [4.78, 5) is 4.50. The van der Waals surface area contributed by atoms with E-state index in [1.807, 2.05) is 13.1 Å². The van der Waals surface area contributed by atoms with Crippen LogP contribution >= 0.6 is 11.8 Å². The molecule has 3 nitrogen and oxygen atoms in total. The van der Waals surface area contributed by atoms with E-state index in [0.29, 0.717) is 5.92 Å². The molecule has 0 saturated heterocycles. The van der Waals surface area contributed by atoms with Gasteiger partial charge in [-0.1, -0.05) is 19.9 Å². The topological polar surface area (TPSA) is 45.2 Å². The fourth-order valence-corrected chi connectivity index (χ4v) is 2.51. The fourth-order valence-electron chi connectivity index (χ4n) is 1.55. The Hall–Kier alpha value is -0.580. The number of aryl methyl sites for hydroxylation is 1. The van der Waals surface area contributed by atoms with E-state index < -0.39 is 0 Å². The Morgan fingerprint density at radius 1 is 1.50 bits per heavy atom. The second-order valence-electron chi connectivity index (χ2n) is 4.74. The molecular formula is C14H24N2OS. The van der Waals surface area contributed by atoms with E-state index in [0.717, 1.165) is 30.3 Å². The molecule has 1 unspecified atom stereocenters. The van der Waals surface area contributed by atoms with Crippen LogP contribution in [0.15, 0.2) is 17.3 Å².